The molecular weight excluding hydrogens is 348 g/mol. The first-order valence-electron chi connectivity index (χ1n) is 6.97. The smallest absolute Gasteiger partial charge is 0.273 e. The Labute approximate surface area is 147 Å². The lowest BCUT2D eigenvalue weighted by Crippen LogP contribution is -2.20. The average molecular weight is 362 g/mol. The van der Waals surface area contributed by atoms with Crippen molar-refractivity contribution < 1.29 is 14.6 Å². The summed E-state index contributed by atoms with van der Waals surface area (Å²) in [6, 6.07) is 8.43. The minimum atomic E-state index is -0.525. The maximum absolute atomic E-state index is 10.8. The number of nitro benzene ring substituents is 2. The zero-order valence-electron chi connectivity index (χ0n) is 13.3. The largest absolute Gasteiger partial charge is 0.494 e. The number of non-ortho nitro benzene ring substituents is 2. The van der Waals surface area contributed by atoms with Gasteiger partial charge in [-0.3, -0.25) is 20.2 Å². The van der Waals surface area contributed by atoms with E-state index in [0.29, 0.717) is 16.9 Å². The van der Waals surface area contributed by atoms with Gasteiger partial charge in [0.2, 0.25) is 0 Å². The molecule has 0 spiro atoms. The molecule has 130 valence electrons. The van der Waals surface area contributed by atoms with Crippen molar-refractivity contribution in [2.75, 3.05) is 17.7 Å². The number of methoxy groups -OCH3 is 1. The van der Waals surface area contributed by atoms with Gasteiger partial charge in [-0.1, -0.05) is 0 Å². The van der Waals surface area contributed by atoms with Crippen molar-refractivity contribution in [1.29, 1.82) is 0 Å². The highest BCUT2D eigenvalue weighted by molar-refractivity contribution is 7.80. The molecule has 0 saturated heterocycles. The van der Waals surface area contributed by atoms with Crippen LogP contribution in [-0.2, 0) is 0 Å². The summed E-state index contributed by atoms with van der Waals surface area (Å²) in [5.41, 5.74) is 1.58. The molecule has 0 aliphatic heterocycles. The van der Waals surface area contributed by atoms with Crippen LogP contribution in [0.4, 0.5) is 22.7 Å². The molecule has 0 aliphatic carbocycles. The number of hydrogen-bond donors (Lipinski definition) is 2. The fourth-order valence-electron chi connectivity index (χ4n) is 2.07. The predicted molar refractivity (Wildman–Crippen MR) is 97.3 cm³/mol. The number of anilines is 2. The Morgan fingerprint density at radius 1 is 1.00 bits per heavy atom. The molecular formula is C15H14N4O5S. The molecule has 2 aromatic rings. The van der Waals surface area contributed by atoms with Gasteiger partial charge >= 0.3 is 0 Å². The Balaban J connectivity index is 2.15. The van der Waals surface area contributed by atoms with E-state index < -0.39 is 9.85 Å². The van der Waals surface area contributed by atoms with E-state index in [2.05, 4.69) is 10.6 Å². The summed E-state index contributed by atoms with van der Waals surface area (Å²) in [4.78, 5) is 20.6. The van der Waals surface area contributed by atoms with Crippen LogP contribution in [0.3, 0.4) is 0 Å². The highest BCUT2D eigenvalue weighted by Crippen LogP contribution is 2.29. The van der Waals surface area contributed by atoms with Crippen LogP contribution in [0.1, 0.15) is 5.56 Å². The van der Waals surface area contributed by atoms with E-state index in [9.17, 15) is 20.2 Å². The molecule has 0 amide bonds. The summed E-state index contributed by atoms with van der Waals surface area (Å²) in [5, 5.41) is 27.6. The zero-order chi connectivity index (χ0) is 18.6. The summed E-state index contributed by atoms with van der Waals surface area (Å²) in [6.07, 6.45) is 0. The van der Waals surface area contributed by atoms with Gasteiger partial charge in [-0.25, -0.2) is 0 Å². The minimum Gasteiger partial charge on any atom is -0.494 e. The standard InChI is InChI=1S/C15H14N4O5S/c1-9-7-10(18(20)21)3-5-12(9)16-15(25)17-13-6-4-11(19(22)23)8-14(13)24-2/h3-8H,1-2H3,(H2,16,17,25). The van der Waals surface area contributed by atoms with Crippen LogP contribution < -0.4 is 15.4 Å². The number of ether oxygens (including phenoxy) is 1. The third kappa shape index (κ3) is 4.38. The van der Waals surface area contributed by atoms with Gasteiger partial charge in [0.25, 0.3) is 11.4 Å². The molecule has 2 N–H and O–H groups in total. The van der Waals surface area contributed by atoms with Gasteiger partial charge in [-0.15, -0.1) is 0 Å². The quantitative estimate of drug-likeness (QED) is 0.470. The van der Waals surface area contributed by atoms with Gasteiger partial charge in [0, 0.05) is 23.9 Å². The van der Waals surface area contributed by atoms with Crippen LogP contribution in [0, 0.1) is 27.2 Å². The molecule has 0 radical (unpaired) electrons. The molecule has 0 bridgehead atoms. The summed E-state index contributed by atoms with van der Waals surface area (Å²) in [6.45, 7) is 1.71. The van der Waals surface area contributed by atoms with Gasteiger partial charge in [-0.2, -0.15) is 0 Å². The Morgan fingerprint density at radius 2 is 1.52 bits per heavy atom. The fraction of sp³-hybridized carbons (Fsp3) is 0.133. The predicted octanol–water partition coefficient (Wildman–Crippen LogP) is 3.63. The Bertz CT molecular complexity index is 856. The SMILES string of the molecule is COc1cc([N+](=O)[O-])ccc1NC(=S)Nc1ccc([N+](=O)[O-])cc1C. The monoisotopic (exact) mass is 362 g/mol. The second-order valence-electron chi connectivity index (χ2n) is 4.98. The molecule has 0 aromatic heterocycles. The Kier molecular flexibility index (Phi) is 5.45. The van der Waals surface area contributed by atoms with E-state index in [1.54, 1.807) is 13.0 Å². The van der Waals surface area contributed by atoms with Crippen molar-refractivity contribution in [3.05, 3.63) is 62.2 Å². The lowest BCUT2D eigenvalue weighted by Gasteiger charge is -2.14. The molecule has 0 aliphatic rings. The van der Waals surface area contributed by atoms with Crippen LogP contribution in [0.25, 0.3) is 0 Å². The van der Waals surface area contributed by atoms with E-state index in [1.165, 1.54) is 37.4 Å². The maximum Gasteiger partial charge on any atom is 0.273 e. The summed E-state index contributed by atoms with van der Waals surface area (Å²) in [7, 11) is 1.39. The van der Waals surface area contributed by atoms with E-state index in [4.69, 9.17) is 17.0 Å². The van der Waals surface area contributed by atoms with Crippen molar-refractivity contribution in [1.82, 2.24) is 0 Å². The summed E-state index contributed by atoms with van der Waals surface area (Å²) >= 11 is 5.21. The van der Waals surface area contributed by atoms with E-state index in [1.807, 2.05) is 0 Å². The molecule has 0 heterocycles. The number of rotatable bonds is 5. The lowest BCUT2D eigenvalue weighted by atomic mass is 10.2. The molecule has 0 fully saturated rings. The Morgan fingerprint density at radius 3 is 2.04 bits per heavy atom. The lowest BCUT2D eigenvalue weighted by molar-refractivity contribution is -0.385. The zero-order valence-corrected chi connectivity index (χ0v) is 14.1. The van der Waals surface area contributed by atoms with Crippen LogP contribution >= 0.6 is 12.2 Å². The van der Waals surface area contributed by atoms with Crippen molar-refractivity contribution in [2.45, 2.75) is 6.92 Å². The van der Waals surface area contributed by atoms with Crippen LogP contribution in [0.5, 0.6) is 5.75 Å². The maximum atomic E-state index is 10.8. The Hall–Kier alpha value is -3.27. The van der Waals surface area contributed by atoms with Crippen molar-refractivity contribution in [3.63, 3.8) is 0 Å². The number of nitrogens with one attached hydrogen (secondary N) is 2. The average Bonchev–Trinajstić information content (AvgIpc) is 2.56. The highest BCUT2D eigenvalue weighted by Gasteiger charge is 2.13. The van der Waals surface area contributed by atoms with Crippen molar-refractivity contribution in [3.8, 4) is 5.75 Å². The number of aryl methyl sites for hydroxylation is 1. The summed E-state index contributed by atoms with van der Waals surface area (Å²) < 4.78 is 5.12. The molecule has 2 rings (SSSR count). The molecule has 0 unspecified atom stereocenters. The minimum absolute atomic E-state index is 0.0148. The van der Waals surface area contributed by atoms with Gasteiger partial charge < -0.3 is 15.4 Å². The number of benzene rings is 2. The van der Waals surface area contributed by atoms with Gasteiger partial charge in [0.05, 0.1) is 28.7 Å². The van der Waals surface area contributed by atoms with Gasteiger partial charge in [0.1, 0.15) is 5.75 Å². The molecule has 0 saturated carbocycles. The first-order chi connectivity index (χ1) is 11.8. The number of nitro groups is 2. The topological polar surface area (TPSA) is 120 Å². The second-order valence-corrected chi connectivity index (χ2v) is 5.39. The fourth-order valence-corrected chi connectivity index (χ4v) is 2.29. The van der Waals surface area contributed by atoms with Crippen LogP contribution in [0.15, 0.2) is 36.4 Å². The number of nitrogens with zero attached hydrogens (tertiary/aromatic N) is 2. The molecule has 9 nitrogen and oxygen atoms in total. The van der Waals surface area contributed by atoms with Gasteiger partial charge in [-0.05, 0) is 36.8 Å². The summed E-state index contributed by atoms with van der Waals surface area (Å²) in [5.74, 6) is 0.263. The molecule has 10 heteroatoms. The second kappa shape index (κ2) is 7.53. The first kappa shape index (κ1) is 18.1. The third-order valence-corrected chi connectivity index (χ3v) is 3.52. The van der Waals surface area contributed by atoms with Crippen LogP contribution in [0.2, 0.25) is 0 Å². The van der Waals surface area contributed by atoms with E-state index >= 15 is 0 Å². The van der Waals surface area contributed by atoms with Crippen molar-refractivity contribution in [2.24, 2.45) is 0 Å². The first-order valence-corrected chi connectivity index (χ1v) is 7.38. The third-order valence-electron chi connectivity index (χ3n) is 3.31. The van der Waals surface area contributed by atoms with Crippen LogP contribution in [-0.4, -0.2) is 22.1 Å². The number of thiocarbonyl (C=S) groups is 1. The highest BCUT2D eigenvalue weighted by atomic mass is 32.1. The molecule has 25 heavy (non-hydrogen) atoms. The van der Waals surface area contributed by atoms with E-state index in [0.717, 1.165) is 0 Å². The molecule has 2 aromatic carbocycles. The van der Waals surface area contributed by atoms with Gasteiger partial charge in [0.15, 0.2) is 5.11 Å². The molecule has 0 atom stereocenters. The van der Waals surface area contributed by atoms with E-state index in [-0.39, 0.29) is 22.2 Å². The van der Waals surface area contributed by atoms with Crippen molar-refractivity contribution >= 4 is 40.1 Å². The normalized spacial score (nSPS) is 10.0. The number of hydrogen-bond acceptors (Lipinski definition) is 6.